The van der Waals surface area contributed by atoms with Gasteiger partial charge in [0, 0.05) is 11.6 Å². The fourth-order valence-electron chi connectivity index (χ4n) is 2.75. The molecule has 0 radical (unpaired) electrons. The van der Waals surface area contributed by atoms with Crippen LogP contribution in [0.3, 0.4) is 0 Å². The van der Waals surface area contributed by atoms with Crippen LogP contribution in [0.4, 0.5) is 5.69 Å². The van der Waals surface area contributed by atoms with Crippen LogP contribution in [0.25, 0.3) is 10.7 Å². The normalized spacial score (nSPS) is 11.8. The molecule has 2 heterocycles. The molecule has 0 aliphatic rings. The summed E-state index contributed by atoms with van der Waals surface area (Å²) in [6.07, 6.45) is 0.808. The van der Waals surface area contributed by atoms with Crippen LogP contribution < -0.4 is 10.6 Å². The highest BCUT2D eigenvalue weighted by Crippen LogP contribution is 2.27. The Morgan fingerprint density at radius 3 is 2.86 bits per heavy atom. The van der Waals surface area contributed by atoms with Crippen molar-refractivity contribution in [2.24, 2.45) is 0 Å². The van der Waals surface area contributed by atoms with Crippen molar-refractivity contribution >= 4 is 52.7 Å². The molecule has 0 aliphatic heterocycles. The second-order valence-corrected chi connectivity index (χ2v) is 8.08. The number of nitrogens with zero attached hydrogens (tertiary/aromatic N) is 2. The number of aromatic nitrogens is 3. The number of anilines is 1. The first-order valence-corrected chi connectivity index (χ1v) is 10.7. The molecular formula is C19H20ClN5O2S2. The van der Waals surface area contributed by atoms with Gasteiger partial charge in [-0.2, -0.15) is 5.10 Å². The van der Waals surface area contributed by atoms with E-state index in [1.807, 2.05) is 24.4 Å². The van der Waals surface area contributed by atoms with E-state index in [2.05, 4.69) is 20.8 Å². The molecule has 3 rings (SSSR count). The summed E-state index contributed by atoms with van der Waals surface area (Å²) in [5.41, 5.74) is 0.688. The molecule has 3 N–H and O–H groups in total. The number of rotatable bonds is 7. The molecule has 1 aromatic carbocycles. The Hall–Kier alpha value is -2.49. The average Bonchev–Trinajstić information content (AvgIpc) is 3.35. The van der Waals surface area contributed by atoms with Gasteiger partial charge < -0.3 is 10.6 Å². The van der Waals surface area contributed by atoms with Crippen molar-refractivity contribution in [1.82, 2.24) is 20.1 Å². The molecule has 3 aromatic rings. The van der Waals surface area contributed by atoms with Crippen molar-refractivity contribution in [3.63, 3.8) is 0 Å². The maximum Gasteiger partial charge on any atom is 0.253 e. The molecular weight excluding hydrogens is 430 g/mol. The van der Waals surface area contributed by atoms with Crippen LogP contribution in [0.1, 0.15) is 36.7 Å². The van der Waals surface area contributed by atoms with Crippen molar-refractivity contribution in [2.75, 3.05) is 11.9 Å². The van der Waals surface area contributed by atoms with Gasteiger partial charge in [0.2, 0.25) is 5.91 Å². The molecule has 29 heavy (non-hydrogen) atoms. The zero-order valence-electron chi connectivity index (χ0n) is 15.9. The number of amides is 2. The fourth-order valence-corrected chi connectivity index (χ4v) is 3.92. The molecule has 0 spiro atoms. The number of carbonyl (C=O) groups excluding carboxylic acids is 2. The number of carbonyl (C=O) groups is 2. The number of H-pyrrole nitrogens is 1. The second kappa shape index (κ2) is 9.34. The second-order valence-electron chi connectivity index (χ2n) is 6.31. The van der Waals surface area contributed by atoms with E-state index in [9.17, 15) is 9.59 Å². The minimum absolute atomic E-state index is 0.273. The quantitative estimate of drug-likeness (QED) is 0.457. The van der Waals surface area contributed by atoms with Crippen LogP contribution in [0, 0.1) is 4.77 Å². The Morgan fingerprint density at radius 2 is 2.17 bits per heavy atom. The SMILES string of the molecule is CCCNC(=O)c1ccc(Cl)cc1NC(=O)C(C)n1c(-c2cccs2)n[nH]c1=S. The average molecular weight is 450 g/mol. The van der Waals surface area contributed by atoms with Crippen LogP contribution in [-0.4, -0.2) is 33.1 Å². The van der Waals surface area contributed by atoms with Crippen LogP contribution >= 0.6 is 35.2 Å². The minimum atomic E-state index is -0.663. The van der Waals surface area contributed by atoms with Crippen LogP contribution in [0.2, 0.25) is 5.02 Å². The Bertz CT molecular complexity index is 1070. The maximum atomic E-state index is 13.0. The van der Waals surface area contributed by atoms with Crippen molar-refractivity contribution in [1.29, 1.82) is 0 Å². The summed E-state index contributed by atoms with van der Waals surface area (Å²) < 4.78 is 1.99. The molecule has 0 aliphatic carbocycles. The van der Waals surface area contributed by atoms with Crippen molar-refractivity contribution in [2.45, 2.75) is 26.3 Å². The van der Waals surface area contributed by atoms with Gasteiger partial charge in [0.15, 0.2) is 10.6 Å². The van der Waals surface area contributed by atoms with Gasteiger partial charge >= 0.3 is 0 Å². The number of halogens is 1. The topological polar surface area (TPSA) is 91.8 Å². The maximum absolute atomic E-state index is 13.0. The molecule has 0 bridgehead atoms. The van der Waals surface area contributed by atoms with Gasteiger partial charge in [-0.25, -0.2) is 0 Å². The van der Waals surface area contributed by atoms with Crippen molar-refractivity contribution in [3.8, 4) is 10.7 Å². The Morgan fingerprint density at radius 1 is 1.38 bits per heavy atom. The van der Waals surface area contributed by atoms with Gasteiger partial charge in [-0.3, -0.25) is 19.3 Å². The predicted octanol–water partition coefficient (Wildman–Crippen LogP) is 4.66. The molecule has 7 nitrogen and oxygen atoms in total. The first kappa shape index (κ1) is 21.2. The minimum Gasteiger partial charge on any atom is -0.352 e. The van der Waals surface area contributed by atoms with Gasteiger partial charge in [0.25, 0.3) is 5.91 Å². The van der Waals surface area contributed by atoms with Gasteiger partial charge in [-0.05, 0) is 55.2 Å². The van der Waals surface area contributed by atoms with Gasteiger partial charge in [0.05, 0.1) is 16.1 Å². The lowest BCUT2D eigenvalue weighted by Crippen LogP contribution is -2.28. The lowest BCUT2D eigenvalue weighted by Gasteiger charge is -2.17. The molecule has 2 aromatic heterocycles. The third-order valence-electron chi connectivity index (χ3n) is 4.23. The summed E-state index contributed by atoms with van der Waals surface area (Å²) in [5.74, 6) is -0.0302. The summed E-state index contributed by atoms with van der Waals surface area (Å²) in [4.78, 5) is 26.3. The summed E-state index contributed by atoms with van der Waals surface area (Å²) in [6.45, 7) is 4.23. The number of aromatic amines is 1. The molecule has 152 valence electrons. The number of hydrogen-bond acceptors (Lipinski definition) is 5. The van der Waals surface area contributed by atoms with E-state index in [4.69, 9.17) is 23.8 Å². The monoisotopic (exact) mass is 449 g/mol. The van der Waals surface area contributed by atoms with Gasteiger partial charge in [-0.1, -0.05) is 24.6 Å². The largest absolute Gasteiger partial charge is 0.352 e. The molecule has 0 saturated carbocycles. The third-order valence-corrected chi connectivity index (χ3v) is 5.62. The summed E-state index contributed by atoms with van der Waals surface area (Å²) >= 11 is 12.9. The molecule has 0 fully saturated rings. The van der Waals surface area contributed by atoms with Crippen LogP contribution in [0.15, 0.2) is 35.7 Å². The lowest BCUT2D eigenvalue weighted by atomic mass is 10.1. The van der Waals surface area contributed by atoms with E-state index in [-0.39, 0.29) is 11.8 Å². The summed E-state index contributed by atoms with van der Waals surface area (Å²) in [6, 6.07) is 7.91. The number of hydrogen-bond donors (Lipinski definition) is 3. The highest BCUT2D eigenvalue weighted by Gasteiger charge is 2.23. The molecule has 0 saturated heterocycles. The van der Waals surface area contributed by atoms with Gasteiger partial charge in [-0.15, -0.1) is 11.3 Å². The molecule has 2 amide bonds. The molecule has 1 unspecified atom stereocenters. The van der Waals surface area contributed by atoms with Crippen molar-refractivity contribution in [3.05, 3.63) is 51.1 Å². The Kier molecular flexibility index (Phi) is 6.83. The molecule has 10 heteroatoms. The number of nitrogens with one attached hydrogen (secondary N) is 3. The summed E-state index contributed by atoms with van der Waals surface area (Å²) in [5, 5.41) is 15.0. The van der Waals surface area contributed by atoms with E-state index >= 15 is 0 Å². The zero-order chi connectivity index (χ0) is 21.0. The van der Waals surface area contributed by atoms with E-state index < -0.39 is 6.04 Å². The Balaban J connectivity index is 1.88. The molecule has 1 atom stereocenters. The summed E-state index contributed by atoms with van der Waals surface area (Å²) in [7, 11) is 0. The number of thiophene rings is 1. The lowest BCUT2D eigenvalue weighted by molar-refractivity contribution is -0.118. The number of benzene rings is 1. The first-order valence-electron chi connectivity index (χ1n) is 9.01. The van der Waals surface area contributed by atoms with E-state index in [0.717, 1.165) is 11.3 Å². The van der Waals surface area contributed by atoms with Crippen molar-refractivity contribution < 1.29 is 9.59 Å². The first-order chi connectivity index (χ1) is 13.9. The fraction of sp³-hybridized carbons (Fsp3) is 0.263. The van der Waals surface area contributed by atoms with Crippen LogP contribution in [-0.2, 0) is 4.79 Å². The smallest absolute Gasteiger partial charge is 0.253 e. The van der Waals surface area contributed by atoms with Gasteiger partial charge in [0.1, 0.15) is 6.04 Å². The van der Waals surface area contributed by atoms with E-state index in [0.29, 0.717) is 33.4 Å². The zero-order valence-corrected chi connectivity index (χ0v) is 18.2. The third kappa shape index (κ3) is 4.75. The highest BCUT2D eigenvalue weighted by atomic mass is 35.5. The Labute approximate surface area is 182 Å². The highest BCUT2D eigenvalue weighted by molar-refractivity contribution is 7.71. The predicted molar refractivity (Wildman–Crippen MR) is 118 cm³/mol. The van der Waals surface area contributed by atoms with E-state index in [1.54, 1.807) is 29.7 Å². The standard InChI is InChI=1S/C19H20ClN5O2S2/c1-3-8-21-18(27)13-7-6-12(20)10-14(13)22-17(26)11(2)25-16(23-24-19(25)28)15-5-4-9-29-15/h4-7,9-11H,3,8H2,1-2H3,(H,21,27)(H,22,26)(H,24,28). The van der Waals surface area contributed by atoms with E-state index in [1.165, 1.54) is 11.3 Å². The van der Waals surface area contributed by atoms with Crippen LogP contribution in [0.5, 0.6) is 0 Å².